The van der Waals surface area contributed by atoms with E-state index < -0.39 is 0 Å². The van der Waals surface area contributed by atoms with Gasteiger partial charge in [0, 0.05) is 14.3 Å². The number of hydrogen-bond donors (Lipinski definition) is 1. The van der Waals surface area contributed by atoms with E-state index in [9.17, 15) is 4.79 Å². The molecule has 0 saturated carbocycles. The van der Waals surface area contributed by atoms with Gasteiger partial charge in [-0.1, -0.05) is 53.7 Å². The van der Waals surface area contributed by atoms with E-state index in [0.717, 1.165) is 14.9 Å². The summed E-state index contributed by atoms with van der Waals surface area (Å²) >= 11 is 5.07. The molecule has 0 atom stereocenters. The number of carbonyl (C=O) groups excluding carboxylic acids is 1. The lowest BCUT2D eigenvalue weighted by atomic mass is 10.2. The predicted octanol–water partition coefficient (Wildman–Crippen LogP) is 5.67. The Labute approximate surface area is 165 Å². The first-order valence-corrected chi connectivity index (χ1v) is 9.65. The molecule has 0 heterocycles. The van der Waals surface area contributed by atoms with Gasteiger partial charge in [-0.25, -0.2) is 5.43 Å². The summed E-state index contributed by atoms with van der Waals surface area (Å²) in [5.41, 5.74) is 5.27. The van der Waals surface area contributed by atoms with Crippen LogP contribution in [0.5, 0.6) is 0 Å². The molecule has 3 aromatic rings. The van der Waals surface area contributed by atoms with Crippen LogP contribution in [0.2, 0.25) is 0 Å². The van der Waals surface area contributed by atoms with Crippen LogP contribution in [-0.4, -0.2) is 12.1 Å². The number of hydrazone groups is 1. The van der Waals surface area contributed by atoms with E-state index in [2.05, 4.69) is 57.6 Å². The second-order valence-electron chi connectivity index (χ2n) is 5.66. The zero-order valence-electron chi connectivity index (χ0n) is 14.1. The fourth-order valence-electron chi connectivity index (χ4n) is 2.24. The van der Waals surface area contributed by atoms with E-state index >= 15 is 0 Å². The molecule has 0 saturated heterocycles. The highest BCUT2D eigenvalue weighted by Crippen LogP contribution is 2.27. The summed E-state index contributed by atoms with van der Waals surface area (Å²) in [6.07, 6.45) is 1.63. The maximum Gasteiger partial charge on any atom is 0.272 e. The average molecular weight is 425 g/mol. The van der Waals surface area contributed by atoms with E-state index in [4.69, 9.17) is 0 Å². The first-order valence-electron chi connectivity index (χ1n) is 8.04. The van der Waals surface area contributed by atoms with Crippen molar-refractivity contribution in [2.45, 2.75) is 16.7 Å². The minimum absolute atomic E-state index is 0.250. The summed E-state index contributed by atoms with van der Waals surface area (Å²) in [7, 11) is 0. The normalized spacial score (nSPS) is 10.8. The highest BCUT2D eigenvalue weighted by Gasteiger charge is 2.07. The molecule has 5 heteroatoms. The summed E-state index contributed by atoms with van der Waals surface area (Å²) in [5.74, 6) is -0.250. The second kappa shape index (κ2) is 8.83. The van der Waals surface area contributed by atoms with Crippen LogP contribution in [0.3, 0.4) is 0 Å². The molecular weight excluding hydrogens is 408 g/mol. The third-order valence-corrected chi connectivity index (χ3v) is 5.34. The van der Waals surface area contributed by atoms with Gasteiger partial charge in [0.15, 0.2) is 0 Å². The van der Waals surface area contributed by atoms with Gasteiger partial charge in [-0.05, 0) is 64.8 Å². The Morgan fingerprint density at radius 3 is 2.23 bits per heavy atom. The van der Waals surface area contributed by atoms with Crippen LogP contribution < -0.4 is 5.43 Å². The molecule has 0 radical (unpaired) electrons. The molecule has 26 heavy (non-hydrogen) atoms. The third kappa shape index (κ3) is 5.07. The Kier molecular flexibility index (Phi) is 6.26. The Bertz CT molecular complexity index is 922. The molecule has 3 aromatic carbocycles. The first-order chi connectivity index (χ1) is 12.6. The Hall–Kier alpha value is -2.37. The molecule has 3 rings (SSSR count). The van der Waals surface area contributed by atoms with Crippen LogP contribution in [0.15, 0.2) is 92.2 Å². The van der Waals surface area contributed by atoms with Gasteiger partial charge in [0.25, 0.3) is 5.91 Å². The molecule has 0 aliphatic rings. The van der Waals surface area contributed by atoms with Crippen LogP contribution in [-0.2, 0) is 0 Å². The van der Waals surface area contributed by atoms with Crippen molar-refractivity contribution in [3.8, 4) is 0 Å². The molecule has 0 aliphatic heterocycles. The van der Waals surface area contributed by atoms with Crippen LogP contribution in [0.25, 0.3) is 0 Å². The van der Waals surface area contributed by atoms with Crippen LogP contribution >= 0.6 is 27.7 Å². The molecule has 1 N–H and O–H groups in total. The van der Waals surface area contributed by atoms with Crippen LogP contribution in [0.1, 0.15) is 21.5 Å². The fourth-order valence-corrected chi connectivity index (χ4v) is 3.52. The SMILES string of the molecule is Cc1ccc(Sc2ccc(/C=N\NC(=O)c3ccccc3Br)cc2)cc1. The highest BCUT2D eigenvalue weighted by atomic mass is 79.9. The fraction of sp³-hybridized carbons (Fsp3) is 0.0476. The van der Waals surface area contributed by atoms with Gasteiger partial charge in [0.1, 0.15) is 0 Å². The number of hydrogen-bond acceptors (Lipinski definition) is 3. The quantitative estimate of drug-likeness (QED) is 0.423. The first kappa shape index (κ1) is 18.4. The molecule has 0 bridgehead atoms. The Morgan fingerprint density at radius 2 is 1.58 bits per heavy atom. The number of halogens is 1. The Balaban J connectivity index is 1.58. The molecule has 1 amide bonds. The number of rotatable bonds is 5. The largest absolute Gasteiger partial charge is 0.272 e. The predicted molar refractivity (Wildman–Crippen MR) is 111 cm³/mol. The van der Waals surface area contributed by atoms with Crippen LogP contribution in [0, 0.1) is 6.92 Å². The maximum atomic E-state index is 12.1. The Morgan fingerprint density at radius 1 is 0.962 bits per heavy atom. The topological polar surface area (TPSA) is 41.5 Å². The summed E-state index contributed by atoms with van der Waals surface area (Å²) in [6.45, 7) is 2.08. The average Bonchev–Trinajstić information content (AvgIpc) is 2.65. The number of nitrogens with one attached hydrogen (secondary N) is 1. The molecule has 0 aliphatic carbocycles. The zero-order chi connectivity index (χ0) is 18.4. The van der Waals surface area contributed by atoms with Crippen molar-refractivity contribution in [2.24, 2.45) is 5.10 Å². The van der Waals surface area contributed by atoms with Crippen LogP contribution in [0.4, 0.5) is 0 Å². The van der Waals surface area contributed by atoms with E-state index in [-0.39, 0.29) is 5.91 Å². The van der Waals surface area contributed by atoms with Gasteiger partial charge in [-0.15, -0.1) is 0 Å². The van der Waals surface area contributed by atoms with Gasteiger partial charge in [-0.3, -0.25) is 4.79 Å². The van der Waals surface area contributed by atoms with E-state index in [0.29, 0.717) is 5.56 Å². The summed E-state index contributed by atoms with van der Waals surface area (Å²) in [6, 6.07) is 23.7. The van der Waals surface area contributed by atoms with Crippen molar-refractivity contribution < 1.29 is 4.79 Å². The maximum absolute atomic E-state index is 12.1. The van der Waals surface area contributed by atoms with Gasteiger partial charge >= 0.3 is 0 Å². The molecule has 0 fully saturated rings. The summed E-state index contributed by atoms with van der Waals surface area (Å²) in [4.78, 5) is 14.4. The monoisotopic (exact) mass is 424 g/mol. The lowest BCUT2D eigenvalue weighted by molar-refractivity contribution is 0.0954. The molecule has 0 spiro atoms. The minimum atomic E-state index is -0.250. The summed E-state index contributed by atoms with van der Waals surface area (Å²) in [5, 5.41) is 4.03. The molecule has 0 unspecified atom stereocenters. The lowest BCUT2D eigenvalue weighted by Crippen LogP contribution is -2.18. The number of benzene rings is 3. The molecule has 130 valence electrons. The number of carbonyl (C=O) groups is 1. The zero-order valence-corrected chi connectivity index (χ0v) is 16.5. The van der Waals surface area contributed by atoms with Crippen molar-refractivity contribution in [3.63, 3.8) is 0 Å². The minimum Gasteiger partial charge on any atom is -0.267 e. The van der Waals surface area contributed by atoms with E-state index in [1.54, 1.807) is 24.0 Å². The van der Waals surface area contributed by atoms with Crippen molar-refractivity contribution >= 4 is 39.8 Å². The van der Waals surface area contributed by atoms with Crippen molar-refractivity contribution in [2.75, 3.05) is 0 Å². The molecular formula is C21H17BrN2OS. The second-order valence-corrected chi connectivity index (χ2v) is 7.66. The van der Waals surface area contributed by atoms with Gasteiger partial charge < -0.3 is 0 Å². The van der Waals surface area contributed by atoms with Gasteiger partial charge in [0.05, 0.1) is 11.8 Å². The number of aryl methyl sites for hydroxylation is 1. The highest BCUT2D eigenvalue weighted by molar-refractivity contribution is 9.10. The van der Waals surface area contributed by atoms with Crippen molar-refractivity contribution in [3.05, 3.63) is 94.0 Å². The van der Waals surface area contributed by atoms with Gasteiger partial charge in [0.2, 0.25) is 0 Å². The molecule has 0 aromatic heterocycles. The standard InChI is InChI=1S/C21H17BrN2OS/c1-15-6-10-17(11-7-15)26-18-12-8-16(9-13-18)14-23-24-21(25)19-4-2-3-5-20(19)22/h2-14H,1H3,(H,24,25)/b23-14-. The van der Waals surface area contributed by atoms with Gasteiger partial charge in [-0.2, -0.15) is 5.10 Å². The van der Waals surface area contributed by atoms with Crippen molar-refractivity contribution in [1.82, 2.24) is 5.43 Å². The van der Waals surface area contributed by atoms with E-state index in [1.807, 2.05) is 42.5 Å². The third-order valence-electron chi connectivity index (χ3n) is 3.63. The van der Waals surface area contributed by atoms with Crippen molar-refractivity contribution in [1.29, 1.82) is 0 Å². The summed E-state index contributed by atoms with van der Waals surface area (Å²) < 4.78 is 0.741. The molecule has 3 nitrogen and oxygen atoms in total. The lowest BCUT2D eigenvalue weighted by Gasteiger charge is -2.03. The number of nitrogens with zero attached hydrogens (tertiary/aromatic N) is 1. The van der Waals surface area contributed by atoms with E-state index in [1.165, 1.54) is 10.5 Å². The number of amides is 1. The smallest absolute Gasteiger partial charge is 0.267 e.